The standard InChI is InChI=1S/C15H26N2O2S/c1-5-7-13(8-6-2)17-15-10-14(20(16,18)19)9-11(3)12(15)4/h9-10,13,17H,5-8H2,1-4H3,(H2,16,18,19). The van der Waals surface area contributed by atoms with Crippen molar-refractivity contribution in [2.45, 2.75) is 64.3 Å². The molecule has 0 fully saturated rings. The van der Waals surface area contributed by atoms with Gasteiger partial charge in [-0.2, -0.15) is 0 Å². The summed E-state index contributed by atoms with van der Waals surface area (Å²) in [5.41, 5.74) is 2.89. The van der Waals surface area contributed by atoms with Gasteiger partial charge in [-0.15, -0.1) is 0 Å². The lowest BCUT2D eigenvalue weighted by molar-refractivity contribution is 0.585. The molecule has 0 bridgehead atoms. The maximum absolute atomic E-state index is 11.5. The molecule has 0 unspecified atom stereocenters. The summed E-state index contributed by atoms with van der Waals surface area (Å²) in [5, 5.41) is 8.72. The Morgan fingerprint density at radius 2 is 1.70 bits per heavy atom. The van der Waals surface area contributed by atoms with Gasteiger partial charge < -0.3 is 5.32 Å². The summed E-state index contributed by atoms with van der Waals surface area (Å²) in [4.78, 5) is 0.176. The molecule has 5 heteroatoms. The van der Waals surface area contributed by atoms with Crippen LogP contribution in [0, 0.1) is 13.8 Å². The van der Waals surface area contributed by atoms with E-state index in [1.165, 1.54) is 0 Å². The predicted octanol–water partition coefficient (Wildman–Crippen LogP) is 3.33. The SMILES string of the molecule is CCCC(CCC)Nc1cc(S(N)(=O)=O)cc(C)c1C. The van der Waals surface area contributed by atoms with E-state index in [0.29, 0.717) is 6.04 Å². The van der Waals surface area contributed by atoms with Crippen LogP contribution in [0.15, 0.2) is 17.0 Å². The summed E-state index contributed by atoms with van der Waals surface area (Å²) in [5.74, 6) is 0. The minimum absolute atomic E-state index is 0.176. The molecular formula is C15H26N2O2S. The average molecular weight is 298 g/mol. The van der Waals surface area contributed by atoms with Crippen LogP contribution in [-0.2, 0) is 10.0 Å². The molecule has 0 amide bonds. The van der Waals surface area contributed by atoms with Crippen molar-refractivity contribution in [3.05, 3.63) is 23.3 Å². The van der Waals surface area contributed by atoms with Crippen LogP contribution in [0.25, 0.3) is 0 Å². The Balaban J connectivity index is 3.13. The molecule has 0 saturated carbocycles. The van der Waals surface area contributed by atoms with Crippen LogP contribution >= 0.6 is 0 Å². The van der Waals surface area contributed by atoms with Crippen LogP contribution in [-0.4, -0.2) is 14.5 Å². The van der Waals surface area contributed by atoms with Crippen LogP contribution in [0.5, 0.6) is 0 Å². The Labute approximate surface area is 122 Å². The second kappa shape index (κ2) is 7.09. The van der Waals surface area contributed by atoms with Gasteiger partial charge in [-0.05, 0) is 49.9 Å². The highest BCUT2D eigenvalue weighted by Gasteiger charge is 2.14. The highest BCUT2D eigenvalue weighted by Crippen LogP contribution is 2.25. The molecule has 0 aliphatic rings. The van der Waals surface area contributed by atoms with Gasteiger partial charge in [0.2, 0.25) is 10.0 Å². The fraction of sp³-hybridized carbons (Fsp3) is 0.600. The number of aryl methyl sites for hydroxylation is 1. The molecule has 1 aromatic carbocycles. The third-order valence-electron chi connectivity index (χ3n) is 3.60. The molecule has 0 radical (unpaired) electrons. The maximum Gasteiger partial charge on any atom is 0.238 e. The van der Waals surface area contributed by atoms with Crippen molar-refractivity contribution in [3.8, 4) is 0 Å². The number of benzene rings is 1. The minimum atomic E-state index is -3.66. The first-order valence-electron chi connectivity index (χ1n) is 7.20. The first-order valence-corrected chi connectivity index (χ1v) is 8.74. The van der Waals surface area contributed by atoms with E-state index in [1.807, 2.05) is 13.8 Å². The van der Waals surface area contributed by atoms with Gasteiger partial charge in [0.25, 0.3) is 0 Å². The van der Waals surface area contributed by atoms with Gasteiger partial charge in [0.1, 0.15) is 0 Å². The van der Waals surface area contributed by atoms with Crippen molar-refractivity contribution in [1.29, 1.82) is 0 Å². The predicted molar refractivity (Wildman–Crippen MR) is 84.5 cm³/mol. The number of nitrogens with one attached hydrogen (secondary N) is 1. The molecule has 0 saturated heterocycles. The third kappa shape index (κ3) is 4.49. The third-order valence-corrected chi connectivity index (χ3v) is 4.50. The van der Waals surface area contributed by atoms with E-state index < -0.39 is 10.0 Å². The molecular weight excluding hydrogens is 272 g/mol. The lowest BCUT2D eigenvalue weighted by Gasteiger charge is -2.21. The number of sulfonamides is 1. The van der Waals surface area contributed by atoms with Crippen molar-refractivity contribution in [2.24, 2.45) is 5.14 Å². The first kappa shape index (κ1) is 17.0. The molecule has 0 heterocycles. The quantitative estimate of drug-likeness (QED) is 0.811. The zero-order valence-corrected chi connectivity index (χ0v) is 13.7. The Morgan fingerprint density at radius 3 is 2.15 bits per heavy atom. The molecule has 20 heavy (non-hydrogen) atoms. The number of hydrogen-bond donors (Lipinski definition) is 2. The van der Waals surface area contributed by atoms with Gasteiger partial charge in [-0.1, -0.05) is 26.7 Å². The van der Waals surface area contributed by atoms with Crippen LogP contribution in [0.3, 0.4) is 0 Å². The van der Waals surface area contributed by atoms with Gasteiger partial charge in [0.15, 0.2) is 0 Å². The van der Waals surface area contributed by atoms with Crippen LogP contribution in [0.1, 0.15) is 50.7 Å². The Bertz CT molecular complexity index is 547. The van der Waals surface area contributed by atoms with Gasteiger partial charge in [-0.25, -0.2) is 13.6 Å². The highest BCUT2D eigenvalue weighted by molar-refractivity contribution is 7.89. The Kier molecular flexibility index (Phi) is 6.02. The van der Waals surface area contributed by atoms with Crippen molar-refractivity contribution >= 4 is 15.7 Å². The van der Waals surface area contributed by atoms with Crippen molar-refractivity contribution < 1.29 is 8.42 Å². The summed E-state index contributed by atoms with van der Waals surface area (Å²) >= 11 is 0. The van der Waals surface area contributed by atoms with Crippen molar-refractivity contribution in [2.75, 3.05) is 5.32 Å². The normalized spacial score (nSPS) is 11.9. The minimum Gasteiger partial charge on any atom is -0.382 e. The fourth-order valence-corrected chi connectivity index (χ4v) is 2.97. The molecule has 1 aromatic rings. The lowest BCUT2D eigenvalue weighted by atomic mass is 10.0. The second-order valence-corrected chi connectivity index (χ2v) is 6.94. The molecule has 1 rings (SSSR count). The van der Waals surface area contributed by atoms with E-state index in [4.69, 9.17) is 5.14 Å². The van der Waals surface area contributed by atoms with Crippen LogP contribution < -0.4 is 10.5 Å². The highest BCUT2D eigenvalue weighted by atomic mass is 32.2. The summed E-state index contributed by atoms with van der Waals surface area (Å²) in [6.07, 6.45) is 4.35. The van der Waals surface area contributed by atoms with E-state index in [-0.39, 0.29) is 4.90 Å². The molecule has 0 aliphatic carbocycles. The zero-order valence-electron chi connectivity index (χ0n) is 12.9. The van der Waals surface area contributed by atoms with E-state index in [9.17, 15) is 8.42 Å². The number of hydrogen-bond acceptors (Lipinski definition) is 3. The maximum atomic E-state index is 11.5. The molecule has 114 valence electrons. The summed E-state index contributed by atoms with van der Waals surface area (Å²) < 4.78 is 23.1. The second-order valence-electron chi connectivity index (χ2n) is 5.38. The Hall–Kier alpha value is -1.07. The fourth-order valence-electron chi connectivity index (χ4n) is 2.35. The summed E-state index contributed by atoms with van der Waals surface area (Å²) in [6.45, 7) is 8.22. The van der Waals surface area contributed by atoms with Crippen molar-refractivity contribution in [3.63, 3.8) is 0 Å². The van der Waals surface area contributed by atoms with Crippen LogP contribution in [0.2, 0.25) is 0 Å². The van der Waals surface area contributed by atoms with Gasteiger partial charge in [0.05, 0.1) is 4.90 Å². The largest absolute Gasteiger partial charge is 0.382 e. The number of nitrogens with two attached hydrogens (primary N) is 1. The zero-order chi connectivity index (χ0) is 15.3. The van der Waals surface area contributed by atoms with E-state index >= 15 is 0 Å². The molecule has 0 aromatic heterocycles. The molecule has 0 aliphatic heterocycles. The lowest BCUT2D eigenvalue weighted by Crippen LogP contribution is -2.20. The first-order chi connectivity index (χ1) is 9.29. The van der Waals surface area contributed by atoms with Gasteiger partial charge in [-0.3, -0.25) is 0 Å². The number of rotatable bonds is 7. The van der Waals surface area contributed by atoms with Crippen molar-refractivity contribution in [1.82, 2.24) is 0 Å². The Morgan fingerprint density at radius 1 is 1.15 bits per heavy atom. The summed E-state index contributed by atoms with van der Waals surface area (Å²) in [7, 11) is -3.66. The summed E-state index contributed by atoms with van der Waals surface area (Å²) in [6, 6.07) is 3.65. The number of anilines is 1. The smallest absolute Gasteiger partial charge is 0.238 e. The molecule has 4 nitrogen and oxygen atoms in total. The van der Waals surface area contributed by atoms with Crippen LogP contribution in [0.4, 0.5) is 5.69 Å². The molecule has 3 N–H and O–H groups in total. The topological polar surface area (TPSA) is 72.2 Å². The van der Waals surface area contributed by atoms with E-state index in [1.54, 1.807) is 12.1 Å². The van der Waals surface area contributed by atoms with E-state index in [0.717, 1.165) is 42.5 Å². The van der Waals surface area contributed by atoms with E-state index in [2.05, 4.69) is 19.2 Å². The monoisotopic (exact) mass is 298 g/mol. The number of primary sulfonamides is 1. The molecule has 0 spiro atoms. The van der Waals surface area contributed by atoms with Gasteiger partial charge in [0, 0.05) is 11.7 Å². The average Bonchev–Trinajstić information content (AvgIpc) is 2.34. The van der Waals surface area contributed by atoms with Gasteiger partial charge >= 0.3 is 0 Å². The molecule has 0 atom stereocenters.